The lowest BCUT2D eigenvalue weighted by molar-refractivity contribution is 0.202. The van der Waals surface area contributed by atoms with Crippen LogP contribution in [0, 0.1) is 0 Å². The number of rotatable bonds is 5. The Morgan fingerprint density at radius 3 is 2.18 bits per heavy atom. The lowest BCUT2D eigenvalue weighted by atomic mass is 10.1. The first-order valence-electron chi connectivity index (χ1n) is 5.91. The summed E-state index contributed by atoms with van der Waals surface area (Å²) in [6.45, 7) is 2.80. The Labute approximate surface area is 102 Å². The molecule has 0 saturated carbocycles. The van der Waals surface area contributed by atoms with Crippen molar-refractivity contribution in [2.45, 2.75) is 13.3 Å². The molecule has 0 spiro atoms. The summed E-state index contributed by atoms with van der Waals surface area (Å²) in [5, 5.41) is 0. The van der Waals surface area contributed by atoms with Crippen molar-refractivity contribution in [3.05, 3.63) is 65.7 Å². The van der Waals surface area contributed by atoms with Crippen molar-refractivity contribution >= 4 is 0 Å². The second-order valence-electron chi connectivity index (χ2n) is 3.91. The van der Waals surface area contributed by atoms with E-state index in [9.17, 15) is 0 Å². The molecule has 0 heterocycles. The maximum absolute atomic E-state index is 5.31. The van der Waals surface area contributed by atoms with E-state index < -0.39 is 0 Å². The third-order valence-corrected chi connectivity index (χ3v) is 2.51. The minimum atomic E-state index is 0.797. The lowest BCUT2D eigenvalue weighted by Gasteiger charge is -2.06. The highest BCUT2D eigenvalue weighted by Gasteiger charge is 1.97. The first-order valence-corrected chi connectivity index (χ1v) is 5.91. The number of hydrogen-bond donors (Lipinski definition) is 1. The normalized spacial score (nSPS) is 10.2. The van der Waals surface area contributed by atoms with Gasteiger partial charge in [-0.25, -0.2) is 0 Å². The van der Waals surface area contributed by atoms with E-state index in [0.29, 0.717) is 0 Å². The van der Waals surface area contributed by atoms with Crippen LogP contribution in [0.15, 0.2) is 54.6 Å². The van der Waals surface area contributed by atoms with E-state index in [1.807, 2.05) is 25.1 Å². The van der Waals surface area contributed by atoms with Crippen molar-refractivity contribution in [3.63, 3.8) is 0 Å². The Morgan fingerprint density at radius 2 is 1.53 bits per heavy atom. The molecule has 2 nitrogen and oxygen atoms in total. The van der Waals surface area contributed by atoms with Gasteiger partial charge in [-0.05, 0) is 36.6 Å². The predicted molar refractivity (Wildman–Crippen MR) is 70.0 cm³/mol. The minimum Gasteiger partial charge on any atom is -0.409 e. The molecule has 0 aliphatic carbocycles. The van der Waals surface area contributed by atoms with Gasteiger partial charge in [-0.1, -0.05) is 42.5 Å². The zero-order valence-electron chi connectivity index (χ0n) is 10.0. The van der Waals surface area contributed by atoms with Gasteiger partial charge in [0.1, 0.15) is 5.75 Å². The summed E-state index contributed by atoms with van der Waals surface area (Å²) in [7, 11) is 0. The molecule has 0 aromatic heterocycles. The summed E-state index contributed by atoms with van der Waals surface area (Å²) in [6, 6.07) is 18.6. The molecule has 0 aliphatic rings. The van der Waals surface area contributed by atoms with Crippen LogP contribution < -0.4 is 10.3 Å². The molecule has 0 unspecified atom stereocenters. The minimum absolute atomic E-state index is 0.797. The Bertz CT molecular complexity index is 436. The van der Waals surface area contributed by atoms with Crippen molar-refractivity contribution in [2.75, 3.05) is 6.54 Å². The number of hydroxylamine groups is 1. The van der Waals surface area contributed by atoms with E-state index in [0.717, 1.165) is 18.7 Å². The zero-order chi connectivity index (χ0) is 11.9. The first kappa shape index (κ1) is 11.7. The summed E-state index contributed by atoms with van der Waals surface area (Å²) in [5.74, 6) is 0.851. The van der Waals surface area contributed by atoms with Gasteiger partial charge in [-0.15, -0.1) is 0 Å². The SMILES string of the molecule is CCNOc1ccc(Cc2ccccc2)cc1. The molecular weight excluding hydrogens is 210 g/mol. The number of hydrogen-bond acceptors (Lipinski definition) is 2. The van der Waals surface area contributed by atoms with Gasteiger partial charge < -0.3 is 4.84 Å². The molecule has 1 N–H and O–H groups in total. The Hall–Kier alpha value is -1.80. The largest absolute Gasteiger partial charge is 0.409 e. The van der Waals surface area contributed by atoms with Crippen LogP contribution in [0.3, 0.4) is 0 Å². The van der Waals surface area contributed by atoms with Crippen LogP contribution in [0.5, 0.6) is 5.75 Å². The number of benzene rings is 2. The van der Waals surface area contributed by atoms with Gasteiger partial charge in [0, 0.05) is 6.54 Å². The number of nitrogens with one attached hydrogen (secondary N) is 1. The van der Waals surface area contributed by atoms with Crippen molar-refractivity contribution in [2.24, 2.45) is 0 Å². The van der Waals surface area contributed by atoms with Gasteiger partial charge in [-0.3, -0.25) is 0 Å². The molecule has 0 atom stereocenters. The van der Waals surface area contributed by atoms with E-state index in [1.54, 1.807) is 0 Å². The van der Waals surface area contributed by atoms with E-state index >= 15 is 0 Å². The highest BCUT2D eigenvalue weighted by Crippen LogP contribution is 2.14. The van der Waals surface area contributed by atoms with Crippen LogP contribution in [0.2, 0.25) is 0 Å². The molecule has 0 bridgehead atoms. The summed E-state index contributed by atoms with van der Waals surface area (Å²) in [6.07, 6.45) is 0.961. The monoisotopic (exact) mass is 227 g/mol. The molecule has 0 fully saturated rings. The predicted octanol–water partition coefficient (Wildman–Crippen LogP) is 3.18. The van der Waals surface area contributed by atoms with Crippen LogP contribution in [-0.2, 0) is 6.42 Å². The molecule has 0 saturated heterocycles. The molecule has 2 rings (SSSR count). The van der Waals surface area contributed by atoms with Gasteiger partial charge in [-0.2, -0.15) is 5.48 Å². The van der Waals surface area contributed by atoms with Gasteiger partial charge in [0.25, 0.3) is 0 Å². The third-order valence-electron chi connectivity index (χ3n) is 2.51. The van der Waals surface area contributed by atoms with Crippen molar-refractivity contribution in [1.82, 2.24) is 5.48 Å². The Balaban J connectivity index is 1.98. The van der Waals surface area contributed by atoms with E-state index in [4.69, 9.17) is 4.84 Å². The summed E-state index contributed by atoms with van der Waals surface area (Å²) in [5.41, 5.74) is 5.45. The highest BCUT2D eigenvalue weighted by atomic mass is 16.6. The third kappa shape index (κ3) is 3.61. The molecule has 0 amide bonds. The second-order valence-corrected chi connectivity index (χ2v) is 3.91. The maximum Gasteiger partial charge on any atom is 0.147 e. The van der Waals surface area contributed by atoms with Crippen molar-refractivity contribution in [3.8, 4) is 5.75 Å². The van der Waals surface area contributed by atoms with E-state index in [1.165, 1.54) is 11.1 Å². The fraction of sp³-hybridized carbons (Fsp3) is 0.200. The molecule has 88 valence electrons. The molecular formula is C15H17NO. The van der Waals surface area contributed by atoms with Crippen molar-refractivity contribution in [1.29, 1.82) is 0 Å². The molecule has 0 radical (unpaired) electrons. The first-order chi connectivity index (χ1) is 8.38. The van der Waals surface area contributed by atoms with Crippen LogP contribution in [0.25, 0.3) is 0 Å². The molecule has 2 aromatic rings. The standard InChI is InChI=1S/C15H17NO/c1-2-16-17-15-10-8-14(9-11-15)12-13-6-4-3-5-7-13/h3-11,16H,2,12H2,1H3. The quantitative estimate of drug-likeness (QED) is 0.792. The van der Waals surface area contributed by atoms with Crippen LogP contribution >= 0.6 is 0 Å². The van der Waals surface area contributed by atoms with Crippen LogP contribution in [0.1, 0.15) is 18.1 Å². The smallest absolute Gasteiger partial charge is 0.147 e. The van der Waals surface area contributed by atoms with Crippen LogP contribution in [-0.4, -0.2) is 6.54 Å². The Morgan fingerprint density at radius 1 is 0.882 bits per heavy atom. The van der Waals surface area contributed by atoms with E-state index in [2.05, 4.69) is 41.9 Å². The van der Waals surface area contributed by atoms with Gasteiger partial charge >= 0.3 is 0 Å². The Kier molecular flexibility index (Phi) is 4.17. The molecule has 2 heteroatoms. The van der Waals surface area contributed by atoms with Crippen LogP contribution in [0.4, 0.5) is 0 Å². The second kappa shape index (κ2) is 6.06. The lowest BCUT2D eigenvalue weighted by Crippen LogP contribution is -2.16. The van der Waals surface area contributed by atoms with Gasteiger partial charge in [0.2, 0.25) is 0 Å². The summed E-state index contributed by atoms with van der Waals surface area (Å²) >= 11 is 0. The molecule has 0 aliphatic heterocycles. The maximum atomic E-state index is 5.31. The molecule has 2 aromatic carbocycles. The van der Waals surface area contributed by atoms with Crippen molar-refractivity contribution < 1.29 is 4.84 Å². The topological polar surface area (TPSA) is 21.3 Å². The van der Waals surface area contributed by atoms with Gasteiger partial charge in [0.15, 0.2) is 0 Å². The summed E-state index contributed by atoms with van der Waals surface area (Å²) in [4.78, 5) is 5.31. The average molecular weight is 227 g/mol. The summed E-state index contributed by atoms with van der Waals surface area (Å²) < 4.78 is 0. The van der Waals surface area contributed by atoms with Gasteiger partial charge in [0.05, 0.1) is 0 Å². The average Bonchev–Trinajstić information content (AvgIpc) is 2.39. The van der Waals surface area contributed by atoms with E-state index in [-0.39, 0.29) is 0 Å². The fourth-order valence-corrected chi connectivity index (χ4v) is 1.66. The highest BCUT2D eigenvalue weighted by molar-refractivity contribution is 5.31. The zero-order valence-corrected chi connectivity index (χ0v) is 10.0. The molecule has 17 heavy (non-hydrogen) atoms. The fourth-order valence-electron chi connectivity index (χ4n) is 1.66.